The lowest BCUT2D eigenvalue weighted by atomic mass is 10.2. The van der Waals surface area contributed by atoms with Crippen LogP contribution in [-0.2, 0) is 4.74 Å². The van der Waals surface area contributed by atoms with Crippen LogP contribution in [0.25, 0.3) is 0 Å². The maximum absolute atomic E-state index is 12.6. The van der Waals surface area contributed by atoms with E-state index in [2.05, 4.69) is 17.6 Å². The van der Waals surface area contributed by atoms with Gasteiger partial charge in [0, 0.05) is 12.3 Å². The molecule has 0 aliphatic rings. The van der Waals surface area contributed by atoms with Crippen molar-refractivity contribution in [3.63, 3.8) is 0 Å². The molecule has 0 aromatic heterocycles. The third-order valence-electron chi connectivity index (χ3n) is 3.93. The van der Waals surface area contributed by atoms with Gasteiger partial charge in [0.2, 0.25) is 0 Å². The van der Waals surface area contributed by atoms with Gasteiger partial charge in [0.1, 0.15) is 18.1 Å². The van der Waals surface area contributed by atoms with E-state index >= 15 is 0 Å². The Labute approximate surface area is 177 Å². The van der Waals surface area contributed by atoms with Crippen molar-refractivity contribution in [2.24, 2.45) is 0 Å². The van der Waals surface area contributed by atoms with Crippen LogP contribution in [0.1, 0.15) is 37.0 Å². The van der Waals surface area contributed by atoms with Crippen LogP contribution in [0.4, 0.5) is 5.69 Å². The number of hydrogen-bond donors (Lipinski definition) is 2. The van der Waals surface area contributed by atoms with Gasteiger partial charge in [-0.05, 0) is 62.0 Å². The molecule has 0 fully saturated rings. The number of thiocarbonyl (C=S) groups is 1. The standard InChI is InChI=1S/C22H28N2O4S/c1-3-5-14-28-20-9-7-6-8-19(20)21(25)24-22(29)23-17-10-12-18(13-11-17)27-16-15-26-4-2/h6-13H,3-5,14-16H2,1-2H3,(H2,23,24,25,29). The molecule has 7 heteroatoms. The summed E-state index contributed by atoms with van der Waals surface area (Å²) >= 11 is 5.26. The van der Waals surface area contributed by atoms with Crippen molar-refractivity contribution < 1.29 is 19.0 Å². The smallest absolute Gasteiger partial charge is 0.261 e. The highest BCUT2D eigenvalue weighted by Gasteiger charge is 2.13. The molecule has 2 rings (SSSR count). The zero-order chi connectivity index (χ0) is 20.9. The fourth-order valence-corrected chi connectivity index (χ4v) is 2.65. The van der Waals surface area contributed by atoms with Crippen LogP contribution in [0.2, 0.25) is 0 Å². The minimum Gasteiger partial charge on any atom is -0.493 e. The van der Waals surface area contributed by atoms with Crippen molar-refractivity contribution in [1.82, 2.24) is 5.32 Å². The predicted octanol–water partition coefficient (Wildman–Crippen LogP) is 4.41. The number of nitrogens with one attached hydrogen (secondary N) is 2. The summed E-state index contributed by atoms with van der Waals surface area (Å²) in [6.45, 7) is 6.32. The molecule has 0 unspecified atom stereocenters. The van der Waals surface area contributed by atoms with Crippen LogP contribution in [0, 0.1) is 0 Å². The molecule has 0 aliphatic heterocycles. The average Bonchev–Trinajstić information content (AvgIpc) is 2.73. The molecule has 2 aromatic rings. The maximum atomic E-state index is 12.6. The van der Waals surface area contributed by atoms with Crippen LogP contribution in [0.15, 0.2) is 48.5 Å². The summed E-state index contributed by atoms with van der Waals surface area (Å²) in [4.78, 5) is 12.6. The van der Waals surface area contributed by atoms with Crippen molar-refractivity contribution in [2.75, 3.05) is 31.7 Å². The second-order valence-electron chi connectivity index (χ2n) is 6.18. The largest absolute Gasteiger partial charge is 0.493 e. The Hall–Kier alpha value is -2.64. The van der Waals surface area contributed by atoms with Gasteiger partial charge in [-0.1, -0.05) is 25.5 Å². The van der Waals surface area contributed by atoms with E-state index in [-0.39, 0.29) is 11.0 Å². The van der Waals surface area contributed by atoms with Crippen molar-refractivity contribution in [1.29, 1.82) is 0 Å². The Morgan fingerprint density at radius 2 is 1.72 bits per heavy atom. The SMILES string of the molecule is CCCCOc1ccccc1C(=O)NC(=S)Nc1ccc(OCCOCC)cc1. The topological polar surface area (TPSA) is 68.8 Å². The number of hydrogen-bond acceptors (Lipinski definition) is 5. The maximum Gasteiger partial charge on any atom is 0.261 e. The van der Waals surface area contributed by atoms with Gasteiger partial charge >= 0.3 is 0 Å². The zero-order valence-corrected chi connectivity index (χ0v) is 17.7. The second-order valence-corrected chi connectivity index (χ2v) is 6.58. The van der Waals surface area contributed by atoms with Crippen molar-refractivity contribution in [2.45, 2.75) is 26.7 Å². The Kier molecular flexibility index (Phi) is 9.95. The number of rotatable bonds is 11. The number of carbonyl (C=O) groups is 1. The van der Waals surface area contributed by atoms with E-state index in [4.69, 9.17) is 26.4 Å². The molecule has 2 aromatic carbocycles. The number of benzene rings is 2. The highest BCUT2D eigenvalue weighted by atomic mass is 32.1. The molecule has 0 bridgehead atoms. The first-order chi connectivity index (χ1) is 14.1. The third kappa shape index (κ3) is 8.09. The Bertz CT molecular complexity index is 781. The Balaban J connectivity index is 1.86. The van der Waals surface area contributed by atoms with Crippen LogP contribution < -0.4 is 20.1 Å². The monoisotopic (exact) mass is 416 g/mol. The van der Waals surface area contributed by atoms with Gasteiger partial charge in [-0.15, -0.1) is 0 Å². The fraction of sp³-hybridized carbons (Fsp3) is 0.364. The summed E-state index contributed by atoms with van der Waals surface area (Å²) in [5.41, 5.74) is 1.20. The summed E-state index contributed by atoms with van der Waals surface area (Å²) < 4.78 is 16.5. The van der Waals surface area contributed by atoms with Gasteiger partial charge in [-0.2, -0.15) is 0 Å². The van der Waals surface area contributed by atoms with Gasteiger partial charge in [0.15, 0.2) is 5.11 Å². The van der Waals surface area contributed by atoms with E-state index in [1.165, 1.54) is 0 Å². The van der Waals surface area contributed by atoms with Crippen molar-refractivity contribution in [3.05, 3.63) is 54.1 Å². The van der Waals surface area contributed by atoms with Gasteiger partial charge in [0.25, 0.3) is 5.91 Å². The number of ether oxygens (including phenoxy) is 3. The molecule has 29 heavy (non-hydrogen) atoms. The molecule has 156 valence electrons. The number of unbranched alkanes of at least 4 members (excludes halogenated alkanes) is 1. The van der Waals surface area contributed by atoms with Crippen LogP contribution in [0.5, 0.6) is 11.5 Å². The zero-order valence-electron chi connectivity index (χ0n) is 16.9. The summed E-state index contributed by atoms with van der Waals surface area (Å²) in [5, 5.41) is 5.90. The molecule has 0 atom stereocenters. The van der Waals surface area contributed by atoms with Gasteiger partial charge in [-0.25, -0.2) is 0 Å². The molecule has 1 amide bonds. The fourth-order valence-electron chi connectivity index (χ4n) is 2.44. The molecule has 0 heterocycles. The van der Waals surface area contributed by atoms with Crippen LogP contribution in [0.3, 0.4) is 0 Å². The van der Waals surface area contributed by atoms with Crippen LogP contribution in [-0.4, -0.2) is 37.4 Å². The lowest BCUT2D eigenvalue weighted by Gasteiger charge is -2.13. The van der Waals surface area contributed by atoms with Crippen LogP contribution >= 0.6 is 12.2 Å². The van der Waals surface area contributed by atoms with E-state index in [0.29, 0.717) is 37.7 Å². The molecule has 0 radical (unpaired) electrons. The van der Waals surface area contributed by atoms with E-state index in [1.807, 2.05) is 37.3 Å². The molecular weight excluding hydrogens is 388 g/mol. The average molecular weight is 417 g/mol. The summed E-state index contributed by atoms with van der Waals surface area (Å²) in [5.74, 6) is 0.976. The first-order valence-electron chi connectivity index (χ1n) is 9.78. The minimum atomic E-state index is -0.314. The minimum absolute atomic E-state index is 0.211. The molecule has 0 saturated heterocycles. The molecule has 2 N–H and O–H groups in total. The van der Waals surface area contributed by atoms with E-state index < -0.39 is 0 Å². The highest BCUT2D eigenvalue weighted by Crippen LogP contribution is 2.19. The lowest BCUT2D eigenvalue weighted by Crippen LogP contribution is -2.34. The molecule has 6 nitrogen and oxygen atoms in total. The third-order valence-corrected chi connectivity index (χ3v) is 4.13. The number of carbonyl (C=O) groups excluding carboxylic acids is 1. The Morgan fingerprint density at radius 1 is 0.966 bits per heavy atom. The summed E-state index contributed by atoms with van der Waals surface area (Å²) in [6, 6.07) is 14.5. The van der Waals surface area contributed by atoms with E-state index in [0.717, 1.165) is 24.3 Å². The number of para-hydroxylation sites is 1. The van der Waals surface area contributed by atoms with Gasteiger partial charge in [-0.3, -0.25) is 10.1 Å². The molecule has 0 aliphatic carbocycles. The molecule has 0 spiro atoms. The van der Waals surface area contributed by atoms with Gasteiger partial charge < -0.3 is 19.5 Å². The number of amides is 1. The first-order valence-corrected chi connectivity index (χ1v) is 10.2. The van der Waals surface area contributed by atoms with Gasteiger partial charge in [0.05, 0.1) is 18.8 Å². The first kappa shape index (κ1) is 22.6. The Morgan fingerprint density at radius 3 is 2.45 bits per heavy atom. The summed E-state index contributed by atoms with van der Waals surface area (Å²) in [6.07, 6.45) is 1.96. The van der Waals surface area contributed by atoms with Crippen molar-refractivity contribution in [3.8, 4) is 11.5 Å². The lowest BCUT2D eigenvalue weighted by molar-refractivity contribution is 0.0973. The summed E-state index contributed by atoms with van der Waals surface area (Å²) in [7, 11) is 0. The predicted molar refractivity (Wildman–Crippen MR) is 119 cm³/mol. The quantitative estimate of drug-likeness (QED) is 0.418. The molecular formula is C22H28N2O4S. The van der Waals surface area contributed by atoms with Crippen molar-refractivity contribution >= 4 is 28.9 Å². The van der Waals surface area contributed by atoms with E-state index in [9.17, 15) is 4.79 Å². The highest BCUT2D eigenvalue weighted by molar-refractivity contribution is 7.80. The second kappa shape index (κ2) is 12.7. The molecule has 0 saturated carbocycles. The number of anilines is 1. The normalized spacial score (nSPS) is 10.3. The van der Waals surface area contributed by atoms with E-state index in [1.54, 1.807) is 18.2 Å².